The molecule has 18 heavy (non-hydrogen) atoms. The summed E-state index contributed by atoms with van der Waals surface area (Å²) in [5.74, 6) is 0.656. The summed E-state index contributed by atoms with van der Waals surface area (Å²) in [6, 6.07) is 5.28. The van der Waals surface area contributed by atoms with Gasteiger partial charge in [-0.1, -0.05) is 37.0 Å². The molecule has 0 heterocycles. The van der Waals surface area contributed by atoms with Crippen LogP contribution in [0.4, 0.5) is 0 Å². The highest BCUT2D eigenvalue weighted by Gasteiger charge is 2.53. The summed E-state index contributed by atoms with van der Waals surface area (Å²) in [4.78, 5) is 0. The molecule has 1 saturated carbocycles. The normalized spacial score (nSPS) is 25.6. The van der Waals surface area contributed by atoms with E-state index in [1.54, 1.807) is 18.2 Å². The van der Waals surface area contributed by atoms with Gasteiger partial charge in [-0.15, -0.1) is 11.6 Å². The summed E-state index contributed by atoms with van der Waals surface area (Å²) in [7, 11) is 0. The molecule has 0 bridgehead atoms. The quantitative estimate of drug-likeness (QED) is 0.662. The van der Waals surface area contributed by atoms with Gasteiger partial charge in [0.15, 0.2) is 0 Å². The molecule has 0 spiro atoms. The highest BCUT2D eigenvalue weighted by molar-refractivity contribution is 6.34. The molecule has 0 aliphatic heterocycles. The van der Waals surface area contributed by atoms with Crippen LogP contribution in [-0.2, 0) is 0 Å². The molecule has 1 aliphatic rings. The summed E-state index contributed by atoms with van der Waals surface area (Å²) >= 11 is 18.4. The highest BCUT2D eigenvalue weighted by Crippen LogP contribution is 2.52. The van der Waals surface area contributed by atoms with E-state index in [4.69, 9.17) is 39.5 Å². The number of rotatable bonds is 4. The van der Waals surface area contributed by atoms with Crippen molar-refractivity contribution >= 4 is 34.8 Å². The summed E-state index contributed by atoms with van der Waals surface area (Å²) in [5.41, 5.74) is 0.0627. The van der Waals surface area contributed by atoms with Crippen LogP contribution in [0.1, 0.15) is 33.1 Å². The predicted molar refractivity (Wildman–Crippen MR) is 78.2 cm³/mol. The maximum atomic E-state index is 6.37. The number of hydrogen-bond donors (Lipinski definition) is 0. The lowest BCUT2D eigenvalue weighted by atomic mass is 9.62. The largest absolute Gasteiger partial charge is 0.488 e. The SMILES string of the molecule is CCC1(CC)C(Cl)CC1Oc1cc(Cl)ccc1Cl. The van der Waals surface area contributed by atoms with Gasteiger partial charge in [-0.25, -0.2) is 0 Å². The first-order chi connectivity index (χ1) is 8.53. The van der Waals surface area contributed by atoms with Gasteiger partial charge in [-0.05, 0) is 25.0 Å². The molecular formula is C14H17Cl3O. The fourth-order valence-corrected chi connectivity index (χ4v) is 3.67. The highest BCUT2D eigenvalue weighted by atomic mass is 35.5. The van der Waals surface area contributed by atoms with Crippen LogP contribution in [0.3, 0.4) is 0 Å². The Morgan fingerprint density at radius 2 is 1.94 bits per heavy atom. The van der Waals surface area contributed by atoms with Gasteiger partial charge in [0.25, 0.3) is 0 Å². The standard InChI is InChI=1S/C14H17Cl3O/c1-3-14(4-2)12(17)8-13(14)18-11-7-9(15)5-6-10(11)16/h5-7,12-13H,3-4,8H2,1-2H3. The molecular weight excluding hydrogens is 291 g/mol. The second-order valence-corrected chi connectivity index (χ2v) is 6.20. The van der Waals surface area contributed by atoms with Gasteiger partial charge < -0.3 is 4.74 Å². The Morgan fingerprint density at radius 3 is 2.50 bits per heavy atom. The van der Waals surface area contributed by atoms with Crippen LogP contribution in [0, 0.1) is 5.41 Å². The second-order valence-electron chi connectivity index (χ2n) is 4.82. The number of hydrogen-bond acceptors (Lipinski definition) is 1. The van der Waals surface area contributed by atoms with Crippen LogP contribution in [0.5, 0.6) is 5.75 Å². The topological polar surface area (TPSA) is 9.23 Å². The molecule has 1 aromatic carbocycles. The van der Waals surface area contributed by atoms with Crippen molar-refractivity contribution in [2.75, 3.05) is 0 Å². The van der Waals surface area contributed by atoms with Crippen LogP contribution < -0.4 is 4.74 Å². The lowest BCUT2D eigenvalue weighted by molar-refractivity contribution is -0.0461. The molecule has 0 N–H and O–H groups in total. The van der Waals surface area contributed by atoms with E-state index < -0.39 is 0 Å². The minimum atomic E-state index is 0.0627. The number of alkyl halides is 1. The molecule has 2 rings (SSSR count). The van der Waals surface area contributed by atoms with E-state index in [9.17, 15) is 0 Å². The lowest BCUT2D eigenvalue weighted by Crippen LogP contribution is -2.56. The first kappa shape index (κ1) is 14.3. The molecule has 1 aromatic rings. The monoisotopic (exact) mass is 306 g/mol. The zero-order valence-electron chi connectivity index (χ0n) is 10.6. The first-order valence-corrected chi connectivity index (χ1v) is 7.48. The number of benzene rings is 1. The van der Waals surface area contributed by atoms with Gasteiger partial charge in [0.2, 0.25) is 0 Å². The molecule has 4 heteroatoms. The van der Waals surface area contributed by atoms with Crippen molar-refractivity contribution in [3.63, 3.8) is 0 Å². The van der Waals surface area contributed by atoms with Gasteiger partial charge >= 0.3 is 0 Å². The van der Waals surface area contributed by atoms with Crippen LogP contribution >= 0.6 is 34.8 Å². The predicted octanol–water partition coefficient (Wildman–Crippen LogP) is 5.56. The number of halogens is 3. The van der Waals surface area contributed by atoms with Crippen molar-refractivity contribution in [3.8, 4) is 5.75 Å². The van der Waals surface area contributed by atoms with Gasteiger partial charge in [0, 0.05) is 28.3 Å². The summed E-state index contributed by atoms with van der Waals surface area (Å²) in [5, 5.41) is 1.42. The minimum Gasteiger partial charge on any atom is -0.488 e. The lowest BCUT2D eigenvalue weighted by Gasteiger charge is -2.52. The maximum Gasteiger partial charge on any atom is 0.139 e. The van der Waals surface area contributed by atoms with Gasteiger partial charge in [-0.2, -0.15) is 0 Å². The second kappa shape index (κ2) is 5.48. The van der Waals surface area contributed by atoms with Crippen molar-refractivity contribution < 1.29 is 4.74 Å². The summed E-state index contributed by atoms with van der Waals surface area (Å²) in [6.07, 6.45) is 3.03. The fraction of sp³-hybridized carbons (Fsp3) is 0.571. The van der Waals surface area contributed by atoms with E-state index in [2.05, 4.69) is 13.8 Å². The molecule has 0 aromatic heterocycles. The first-order valence-electron chi connectivity index (χ1n) is 6.29. The van der Waals surface area contributed by atoms with E-state index in [-0.39, 0.29) is 16.9 Å². The Balaban J connectivity index is 2.17. The van der Waals surface area contributed by atoms with E-state index >= 15 is 0 Å². The van der Waals surface area contributed by atoms with E-state index in [0.717, 1.165) is 19.3 Å². The molecule has 0 amide bonds. The van der Waals surface area contributed by atoms with Crippen molar-refractivity contribution in [2.24, 2.45) is 5.41 Å². The Bertz CT molecular complexity index is 429. The van der Waals surface area contributed by atoms with Crippen molar-refractivity contribution in [1.29, 1.82) is 0 Å². The van der Waals surface area contributed by atoms with Crippen LogP contribution in [0.25, 0.3) is 0 Å². The maximum absolute atomic E-state index is 6.37. The number of ether oxygens (including phenoxy) is 1. The fourth-order valence-electron chi connectivity index (χ4n) is 2.73. The molecule has 2 atom stereocenters. The molecule has 1 fully saturated rings. The third-order valence-corrected chi connectivity index (χ3v) is 5.33. The van der Waals surface area contributed by atoms with E-state index in [1.807, 2.05) is 0 Å². The Hall–Kier alpha value is -0.110. The van der Waals surface area contributed by atoms with Gasteiger partial charge in [-0.3, -0.25) is 0 Å². The van der Waals surface area contributed by atoms with Crippen LogP contribution in [0.2, 0.25) is 10.0 Å². The molecule has 2 unspecified atom stereocenters. The molecule has 0 saturated heterocycles. The average molecular weight is 308 g/mol. The van der Waals surface area contributed by atoms with Crippen LogP contribution in [0.15, 0.2) is 18.2 Å². The Kier molecular flexibility index (Phi) is 4.36. The molecule has 1 aliphatic carbocycles. The minimum absolute atomic E-state index is 0.0627. The zero-order chi connectivity index (χ0) is 13.3. The average Bonchev–Trinajstić information content (AvgIpc) is 2.35. The Morgan fingerprint density at radius 1 is 1.28 bits per heavy atom. The smallest absolute Gasteiger partial charge is 0.139 e. The van der Waals surface area contributed by atoms with Crippen molar-refractivity contribution in [3.05, 3.63) is 28.2 Å². The summed E-state index contributed by atoms with van der Waals surface area (Å²) in [6.45, 7) is 4.32. The van der Waals surface area contributed by atoms with E-state index in [1.165, 1.54) is 0 Å². The molecule has 100 valence electrons. The van der Waals surface area contributed by atoms with Gasteiger partial charge in [0.05, 0.1) is 5.02 Å². The summed E-state index contributed by atoms with van der Waals surface area (Å²) < 4.78 is 6.03. The molecule has 1 nitrogen and oxygen atoms in total. The third-order valence-electron chi connectivity index (χ3n) is 4.17. The third kappa shape index (κ3) is 2.33. The molecule has 0 radical (unpaired) electrons. The van der Waals surface area contributed by atoms with E-state index in [0.29, 0.717) is 15.8 Å². The van der Waals surface area contributed by atoms with Gasteiger partial charge in [0.1, 0.15) is 11.9 Å². The van der Waals surface area contributed by atoms with Crippen LogP contribution in [-0.4, -0.2) is 11.5 Å². The van der Waals surface area contributed by atoms with Crippen molar-refractivity contribution in [1.82, 2.24) is 0 Å². The zero-order valence-corrected chi connectivity index (χ0v) is 12.8. The van der Waals surface area contributed by atoms with Crippen molar-refractivity contribution in [2.45, 2.75) is 44.6 Å². The Labute approximate surface area is 123 Å².